The van der Waals surface area contributed by atoms with Crippen LogP contribution in [0.4, 0.5) is 0 Å². The van der Waals surface area contributed by atoms with E-state index in [2.05, 4.69) is 36.4 Å². The van der Waals surface area contributed by atoms with Crippen LogP contribution in [-0.4, -0.2) is 96.9 Å². The van der Waals surface area contributed by atoms with Gasteiger partial charge in [-0.15, -0.1) is 0 Å². The van der Waals surface area contributed by atoms with Crippen LogP contribution in [0.5, 0.6) is 0 Å². The Morgan fingerprint density at radius 2 is 0.839 bits per heavy atom. The summed E-state index contributed by atoms with van der Waals surface area (Å²) in [6.07, 6.45) is 6.17. The number of rotatable bonds is 27. The minimum Gasteiger partial charge on any atom is -0.379 e. The van der Waals surface area contributed by atoms with E-state index in [1.165, 1.54) is 23.7 Å². The number of ether oxygens (including phenoxy) is 7. The second-order valence-corrected chi connectivity index (χ2v) is 8.44. The van der Waals surface area contributed by atoms with Crippen LogP contribution >= 0.6 is 22.6 Å². The van der Waals surface area contributed by atoms with Crippen molar-refractivity contribution in [1.82, 2.24) is 0 Å². The summed E-state index contributed by atoms with van der Waals surface area (Å²) in [5.41, 5.74) is 0. The van der Waals surface area contributed by atoms with E-state index in [1.54, 1.807) is 0 Å². The molecule has 1 atom stereocenters. The van der Waals surface area contributed by atoms with Crippen LogP contribution in [0.25, 0.3) is 0 Å². The molecule has 0 aliphatic carbocycles. The molecule has 31 heavy (non-hydrogen) atoms. The van der Waals surface area contributed by atoms with Crippen LogP contribution < -0.4 is 0 Å². The van der Waals surface area contributed by atoms with E-state index in [1.807, 2.05) is 0 Å². The Morgan fingerprint density at radius 3 is 1.23 bits per heavy atom. The molecule has 0 N–H and O–H groups in total. The highest BCUT2D eigenvalue weighted by Crippen LogP contribution is 2.02. The van der Waals surface area contributed by atoms with E-state index in [0.29, 0.717) is 85.2 Å². The number of alkyl halides is 1. The van der Waals surface area contributed by atoms with Gasteiger partial charge < -0.3 is 33.2 Å². The van der Waals surface area contributed by atoms with Crippen LogP contribution in [0, 0.1) is 5.92 Å². The summed E-state index contributed by atoms with van der Waals surface area (Å²) < 4.78 is 39.6. The van der Waals surface area contributed by atoms with Crippen molar-refractivity contribution in [2.45, 2.75) is 46.0 Å². The van der Waals surface area contributed by atoms with Crippen molar-refractivity contribution in [3.8, 4) is 0 Å². The third kappa shape index (κ3) is 28.4. The first kappa shape index (κ1) is 31.4. The summed E-state index contributed by atoms with van der Waals surface area (Å²) in [5.74, 6) is 0.613. The molecule has 0 saturated carbocycles. The van der Waals surface area contributed by atoms with Crippen molar-refractivity contribution >= 4 is 22.6 Å². The molecule has 0 aromatic heterocycles. The molecule has 0 radical (unpaired) electrons. The summed E-state index contributed by atoms with van der Waals surface area (Å²) in [4.78, 5) is 0. The van der Waals surface area contributed by atoms with Gasteiger partial charge in [0.2, 0.25) is 0 Å². The fourth-order valence-electron chi connectivity index (χ4n) is 2.37. The average Bonchev–Trinajstić information content (AvgIpc) is 2.78. The minimum atomic E-state index is 0.563. The highest BCUT2D eigenvalue weighted by atomic mass is 127. The largest absolute Gasteiger partial charge is 0.379 e. The third-order valence-electron chi connectivity index (χ3n) is 4.50. The summed E-state index contributed by atoms with van der Waals surface area (Å²) in [5, 5.41) is 0. The third-order valence-corrected chi connectivity index (χ3v) is 5.27. The standard InChI is InChI=1S/C23H47IO7/c1-3-23(2)22-31-21-20-30-19-18-29-17-16-28-15-14-27-13-12-26-11-10-25-9-7-5-4-6-8-24/h23H,3-22H2,1-2H3. The molecule has 0 aliphatic rings. The average molecular weight is 563 g/mol. The Kier molecular flexibility index (Phi) is 28.9. The molecule has 188 valence electrons. The first-order valence-corrected chi connectivity index (χ1v) is 13.4. The van der Waals surface area contributed by atoms with Gasteiger partial charge in [-0.2, -0.15) is 0 Å². The predicted octanol–water partition coefficient (Wildman–Crippen LogP) is 4.14. The molecular formula is C23H47IO7. The van der Waals surface area contributed by atoms with E-state index in [9.17, 15) is 0 Å². The Balaban J connectivity index is 3.01. The second kappa shape index (κ2) is 28.5. The van der Waals surface area contributed by atoms with Gasteiger partial charge in [-0.25, -0.2) is 0 Å². The van der Waals surface area contributed by atoms with Crippen molar-refractivity contribution in [3.05, 3.63) is 0 Å². The lowest BCUT2D eigenvalue weighted by molar-refractivity contribution is -0.0215. The topological polar surface area (TPSA) is 64.6 Å². The smallest absolute Gasteiger partial charge is 0.0701 e. The van der Waals surface area contributed by atoms with Crippen molar-refractivity contribution in [2.75, 3.05) is 96.9 Å². The molecule has 0 rings (SSSR count). The first-order chi connectivity index (χ1) is 15.3. The van der Waals surface area contributed by atoms with Crippen LogP contribution in [0.2, 0.25) is 0 Å². The maximum Gasteiger partial charge on any atom is 0.0701 e. The molecule has 0 aromatic rings. The van der Waals surface area contributed by atoms with Crippen molar-refractivity contribution < 1.29 is 33.2 Å². The van der Waals surface area contributed by atoms with E-state index in [0.717, 1.165) is 26.1 Å². The number of halogens is 1. The van der Waals surface area contributed by atoms with Gasteiger partial charge in [0.15, 0.2) is 0 Å². The van der Waals surface area contributed by atoms with Gasteiger partial charge in [0.25, 0.3) is 0 Å². The maximum atomic E-state index is 5.54. The zero-order chi connectivity index (χ0) is 22.7. The molecule has 0 spiro atoms. The highest BCUT2D eigenvalue weighted by molar-refractivity contribution is 14.1. The van der Waals surface area contributed by atoms with E-state index in [-0.39, 0.29) is 0 Å². The SMILES string of the molecule is CCC(C)COCCOCCOCCOCCOCCOCCOCCCCCCI. The Labute approximate surface area is 204 Å². The first-order valence-electron chi connectivity index (χ1n) is 11.9. The predicted molar refractivity (Wildman–Crippen MR) is 133 cm³/mol. The molecule has 1 unspecified atom stereocenters. The number of hydrogen-bond donors (Lipinski definition) is 0. The summed E-state index contributed by atoms with van der Waals surface area (Å²) in [6, 6.07) is 0. The minimum absolute atomic E-state index is 0.563. The Hall–Kier alpha value is 0.450. The van der Waals surface area contributed by atoms with Gasteiger partial charge >= 0.3 is 0 Å². The molecule has 8 heteroatoms. The molecule has 0 aromatic carbocycles. The lowest BCUT2D eigenvalue weighted by Crippen LogP contribution is -2.15. The van der Waals surface area contributed by atoms with Crippen LogP contribution in [0.1, 0.15) is 46.0 Å². The molecule has 0 saturated heterocycles. The maximum absolute atomic E-state index is 5.54. The van der Waals surface area contributed by atoms with E-state index < -0.39 is 0 Å². The van der Waals surface area contributed by atoms with Crippen molar-refractivity contribution in [1.29, 1.82) is 0 Å². The van der Waals surface area contributed by atoms with Crippen LogP contribution in [-0.2, 0) is 33.2 Å². The van der Waals surface area contributed by atoms with Gasteiger partial charge in [0.05, 0.1) is 79.3 Å². The summed E-state index contributed by atoms with van der Waals surface area (Å²) >= 11 is 2.42. The van der Waals surface area contributed by atoms with Gasteiger partial charge in [-0.05, 0) is 23.2 Å². The van der Waals surface area contributed by atoms with Gasteiger partial charge in [-0.3, -0.25) is 0 Å². The normalized spacial score (nSPS) is 12.5. The van der Waals surface area contributed by atoms with E-state index in [4.69, 9.17) is 33.2 Å². The van der Waals surface area contributed by atoms with Crippen LogP contribution in [0.15, 0.2) is 0 Å². The van der Waals surface area contributed by atoms with Crippen molar-refractivity contribution in [3.63, 3.8) is 0 Å². The quantitative estimate of drug-likeness (QED) is 0.0847. The van der Waals surface area contributed by atoms with Gasteiger partial charge in [-0.1, -0.05) is 55.7 Å². The monoisotopic (exact) mass is 562 g/mol. The zero-order valence-electron chi connectivity index (χ0n) is 20.0. The van der Waals surface area contributed by atoms with Crippen LogP contribution in [0.3, 0.4) is 0 Å². The Bertz CT molecular complexity index is 324. The Morgan fingerprint density at radius 1 is 0.484 bits per heavy atom. The fourth-order valence-corrected chi connectivity index (χ4v) is 2.91. The molecule has 0 fully saturated rings. The molecule has 0 heterocycles. The fraction of sp³-hybridized carbons (Fsp3) is 1.00. The lowest BCUT2D eigenvalue weighted by atomic mass is 10.1. The number of hydrogen-bond acceptors (Lipinski definition) is 7. The van der Waals surface area contributed by atoms with Crippen molar-refractivity contribution in [2.24, 2.45) is 5.92 Å². The van der Waals surface area contributed by atoms with Gasteiger partial charge in [0, 0.05) is 13.2 Å². The molecule has 7 nitrogen and oxygen atoms in total. The number of unbranched alkanes of at least 4 members (excludes halogenated alkanes) is 3. The molecule has 0 bridgehead atoms. The zero-order valence-corrected chi connectivity index (χ0v) is 22.1. The second-order valence-electron chi connectivity index (χ2n) is 7.37. The van der Waals surface area contributed by atoms with Gasteiger partial charge in [0.1, 0.15) is 0 Å². The molecule has 0 amide bonds. The summed E-state index contributed by atoms with van der Waals surface area (Å²) in [7, 11) is 0. The van der Waals surface area contributed by atoms with E-state index >= 15 is 0 Å². The summed E-state index contributed by atoms with van der Waals surface area (Å²) in [6.45, 7) is 13.1. The highest BCUT2D eigenvalue weighted by Gasteiger charge is 1.98. The molecule has 0 aliphatic heterocycles. The lowest BCUT2D eigenvalue weighted by Gasteiger charge is -2.10. The molecular weight excluding hydrogens is 515 g/mol.